The number of non-ortho nitro benzene ring substituents is 1. The highest BCUT2D eigenvalue weighted by atomic mass is 16.6. The SMILES string of the molecule is O=[N+]([O-])c1ccc2c(cnn2CCCCCN2CCCCC2)c1. The highest BCUT2D eigenvalue weighted by Gasteiger charge is 2.10. The third kappa shape index (κ3) is 4.07. The van der Waals surface area contributed by atoms with Gasteiger partial charge >= 0.3 is 0 Å². The fourth-order valence-electron chi connectivity index (χ4n) is 3.32. The van der Waals surface area contributed by atoms with E-state index in [0.717, 1.165) is 23.9 Å². The summed E-state index contributed by atoms with van der Waals surface area (Å²) >= 11 is 0. The van der Waals surface area contributed by atoms with E-state index in [1.807, 2.05) is 4.68 Å². The van der Waals surface area contributed by atoms with Gasteiger partial charge in [0.15, 0.2) is 0 Å². The molecule has 0 bridgehead atoms. The molecule has 0 N–H and O–H groups in total. The highest BCUT2D eigenvalue weighted by molar-refractivity contribution is 5.81. The number of nitrogens with zero attached hydrogens (tertiary/aromatic N) is 4. The van der Waals surface area contributed by atoms with Gasteiger partial charge in [-0.15, -0.1) is 0 Å². The molecule has 0 amide bonds. The topological polar surface area (TPSA) is 64.2 Å². The van der Waals surface area contributed by atoms with Crippen LogP contribution >= 0.6 is 0 Å². The van der Waals surface area contributed by atoms with E-state index in [1.165, 1.54) is 51.7 Å². The van der Waals surface area contributed by atoms with Crippen LogP contribution in [0, 0.1) is 10.1 Å². The fraction of sp³-hybridized carbons (Fsp3) is 0.588. The molecule has 0 aliphatic carbocycles. The smallest absolute Gasteiger partial charge is 0.270 e. The Bertz CT molecular complexity index is 662. The first-order valence-corrected chi connectivity index (χ1v) is 8.56. The maximum Gasteiger partial charge on any atom is 0.270 e. The van der Waals surface area contributed by atoms with Crippen molar-refractivity contribution in [2.24, 2.45) is 0 Å². The number of likely N-dealkylation sites (tertiary alicyclic amines) is 1. The lowest BCUT2D eigenvalue weighted by molar-refractivity contribution is -0.384. The van der Waals surface area contributed by atoms with Gasteiger partial charge in [-0.1, -0.05) is 12.8 Å². The van der Waals surface area contributed by atoms with Crippen molar-refractivity contribution in [3.63, 3.8) is 0 Å². The number of fused-ring (bicyclic) bond motifs is 1. The highest BCUT2D eigenvalue weighted by Crippen LogP contribution is 2.21. The zero-order valence-corrected chi connectivity index (χ0v) is 13.5. The predicted octanol–water partition coefficient (Wildman–Crippen LogP) is 3.60. The average molecular weight is 316 g/mol. The molecule has 124 valence electrons. The first kappa shape index (κ1) is 15.9. The molecule has 2 aromatic rings. The molecule has 1 aliphatic heterocycles. The van der Waals surface area contributed by atoms with Gasteiger partial charge in [-0.05, 0) is 51.4 Å². The second kappa shape index (κ2) is 7.55. The average Bonchev–Trinajstić information content (AvgIpc) is 2.98. The zero-order valence-electron chi connectivity index (χ0n) is 13.5. The number of hydrogen-bond acceptors (Lipinski definition) is 4. The normalized spacial score (nSPS) is 16.0. The van der Waals surface area contributed by atoms with Crippen LogP contribution in [-0.4, -0.2) is 39.2 Å². The molecule has 0 spiro atoms. The Labute approximate surface area is 136 Å². The van der Waals surface area contributed by atoms with Crippen molar-refractivity contribution in [1.82, 2.24) is 14.7 Å². The summed E-state index contributed by atoms with van der Waals surface area (Å²) in [6.45, 7) is 4.62. The van der Waals surface area contributed by atoms with Gasteiger partial charge in [0.1, 0.15) is 0 Å². The third-order valence-corrected chi connectivity index (χ3v) is 4.63. The summed E-state index contributed by atoms with van der Waals surface area (Å²) in [5.41, 5.74) is 1.10. The standard InChI is InChI=1S/C17H24N4O2/c22-21(23)16-7-8-17-15(13-16)14-18-20(17)12-6-2-5-11-19-9-3-1-4-10-19/h7-8,13-14H,1-6,9-12H2. The second-order valence-corrected chi connectivity index (χ2v) is 6.33. The van der Waals surface area contributed by atoms with Gasteiger partial charge in [-0.25, -0.2) is 0 Å². The minimum absolute atomic E-state index is 0.124. The summed E-state index contributed by atoms with van der Waals surface area (Å²) in [5.74, 6) is 0. The van der Waals surface area contributed by atoms with Gasteiger partial charge in [-0.3, -0.25) is 14.8 Å². The van der Waals surface area contributed by atoms with E-state index in [2.05, 4.69) is 10.00 Å². The molecule has 1 aromatic carbocycles. The Morgan fingerprint density at radius 3 is 2.65 bits per heavy atom. The number of nitro benzene ring substituents is 1. The predicted molar refractivity (Wildman–Crippen MR) is 90.5 cm³/mol. The molecule has 0 saturated carbocycles. The first-order chi connectivity index (χ1) is 11.2. The van der Waals surface area contributed by atoms with E-state index in [1.54, 1.807) is 24.4 Å². The van der Waals surface area contributed by atoms with E-state index in [-0.39, 0.29) is 10.6 Å². The van der Waals surface area contributed by atoms with Gasteiger partial charge in [-0.2, -0.15) is 5.10 Å². The van der Waals surface area contributed by atoms with E-state index < -0.39 is 0 Å². The number of benzene rings is 1. The van der Waals surface area contributed by atoms with Crippen LogP contribution in [0.3, 0.4) is 0 Å². The second-order valence-electron chi connectivity index (χ2n) is 6.33. The number of piperidine rings is 1. The van der Waals surface area contributed by atoms with Crippen LogP contribution in [0.5, 0.6) is 0 Å². The molecule has 2 heterocycles. The number of aromatic nitrogens is 2. The van der Waals surface area contributed by atoms with Crippen LogP contribution in [0.25, 0.3) is 10.9 Å². The molecule has 6 heteroatoms. The first-order valence-electron chi connectivity index (χ1n) is 8.56. The minimum Gasteiger partial charge on any atom is -0.303 e. The lowest BCUT2D eigenvalue weighted by atomic mass is 10.1. The molecule has 1 fully saturated rings. The van der Waals surface area contributed by atoms with Crippen molar-refractivity contribution in [2.45, 2.75) is 45.1 Å². The van der Waals surface area contributed by atoms with Crippen LogP contribution in [0.4, 0.5) is 5.69 Å². The molecule has 1 aliphatic rings. The van der Waals surface area contributed by atoms with Gasteiger partial charge in [0.05, 0.1) is 16.6 Å². The Morgan fingerprint density at radius 2 is 1.87 bits per heavy atom. The maximum absolute atomic E-state index is 10.8. The van der Waals surface area contributed by atoms with Crippen LogP contribution in [-0.2, 0) is 6.54 Å². The molecular formula is C17H24N4O2. The minimum atomic E-state index is -0.364. The summed E-state index contributed by atoms with van der Waals surface area (Å²) in [5, 5.41) is 16.0. The van der Waals surface area contributed by atoms with Crippen LogP contribution in [0.1, 0.15) is 38.5 Å². The van der Waals surface area contributed by atoms with Gasteiger partial charge in [0, 0.05) is 24.1 Å². The molecule has 0 atom stereocenters. The summed E-state index contributed by atoms with van der Waals surface area (Å²) in [6.07, 6.45) is 9.35. The van der Waals surface area contributed by atoms with Gasteiger partial charge in [0.25, 0.3) is 5.69 Å². The third-order valence-electron chi connectivity index (χ3n) is 4.63. The molecular weight excluding hydrogens is 292 g/mol. The number of hydrogen-bond donors (Lipinski definition) is 0. The molecule has 3 rings (SSSR count). The Kier molecular flexibility index (Phi) is 5.23. The largest absolute Gasteiger partial charge is 0.303 e. The van der Waals surface area contributed by atoms with Crippen LogP contribution in [0.2, 0.25) is 0 Å². The Balaban J connectivity index is 1.46. The van der Waals surface area contributed by atoms with Crippen molar-refractivity contribution in [3.8, 4) is 0 Å². The van der Waals surface area contributed by atoms with E-state index >= 15 is 0 Å². The quantitative estimate of drug-likeness (QED) is 0.445. The van der Waals surface area contributed by atoms with Crippen molar-refractivity contribution >= 4 is 16.6 Å². The molecule has 6 nitrogen and oxygen atoms in total. The van der Waals surface area contributed by atoms with E-state index in [9.17, 15) is 10.1 Å². The number of rotatable bonds is 7. The van der Waals surface area contributed by atoms with Crippen molar-refractivity contribution < 1.29 is 4.92 Å². The van der Waals surface area contributed by atoms with Gasteiger partial charge < -0.3 is 4.90 Å². The van der Waals surface area contributed by atoms with Crippen LogP contribution in [0.15, 0.2) is 24.4 Å². The van der Waals surface area contributed by atoms with Crippen LogP contribution < -0.4 is 0 Å². The maximum atomic E-state index is 10.8. The van der Waals surface area contributed by atoms with E-state index in [4.69, 9.17) is 0 Å². The summed E-state index contributed by atoms with van der Waals surface area (Å²) in [4.78, 5) is 13.0. The Hall–Kier alpha value is -1.95. The zero-order chi connectivity index (χ0) is 16.1. The summed E-state index contributed by atoms with van der Waals surface area (Å²) < 4.78 is 1.96. The molecule has 1 saturated heterocycles. The molecule has 1 aromatic heterocycles. The van der Waals surface area contributed by atoms with Crippen molar-refractivity contribution in [3.05, 3.63) is 34.5 Å². The lowest BCUT2D eigenvalue weighted by Crippen LogP contribution is -2.30. The van der Waals surface area contributed by atoms with Crippen molar-refractivity contribution in [2.75, 3.05) is 19.6 Å². The Morgan fingerprint density at radius 1 is 1.09 bits per heavy atom. The lowest BCUT2D eigenvalue weighted by Gasteiger charge is -2.26. The van der Waals surface area contributed by atoms with Gasteiger partial charge in [0.2, 0.25) is 0 Å². The summed E-state index contributed by atoms with van der Waals surface area (Å²) in [7, 11) is 0. The number of aryl methyl sites for hydroxylation is 1. The fourth-order valence-corrected chi connectivity index (χ4v) is 3.32. The van der Waals surface area contributed by atoms with Crippen molar-refractivity contribution in [1.29, 1.82) is 0 Å². The molecule has 0 unspecified atom stereocenters. The monoisotopic (exact) mass is 316 g/mol. The number of nitro groups is 1. The van der Waals surface area contributed by atoms with E-state index in [0.29, 0.717) is 0 Å². The molecule has 0 radical (unpaired) electrons. The number of unbranched alkanes of at least 4 members (excludes halogenated alkanes) is 2. The summed E-state index contributed by atoms with van der Waals surface area (Å²) in [6, 6.07) is 4.94. The molecule has 23 heavy (non-hydrogen) atoms.